The molecule has 1 atom stereocenters. The molecule has 0 bridgehead atoms. The van der Waals surface area contributed by atoms with Gasteiger partial charge in [-0.15, -0.1) is 0 Å². The van der Waals surface area contributed by atoms with Crippen molar-refractivity contribution in [3.63, 3.8) is 0 Å². The van der Waals surface area contributed by atoms with E-state index in [0.29, 0.717) is 18.2 Å². The van der Waals surface area contributed by atoms with Crippen molar-refractivity contribution >= 4 is 33.2 Å². The standard InChI is InChI=1S/C18H28ClN3O3S/c1-3-15-7-4-5-11-22(15)12-6-10-20-18(23)14-8-9-17(16(19)13-14)21-26(2,24)25/h8-9,13,15,21H,3-7,10-12H2,1-2H3,(H,20,23)/t15-/m0/s1. The van der Waals surface area contributed by atoms with Crippen LogP contribution in [-0.2, 0) is 10.0 Å². The number of hydrogen-bond acceptors (Lipinski definition) is 4. The second kappa shape index (κ2) is 9.58. The molecule has 0 unspecified atom stereocenters. The number of benzene rings is 1. The Balaban J connectivity index is 1.81. The summed E-state index contributed by atoms with van der Waals surface area (Å²) in [5.74, 6) is -0.205. The summed E-state index contributed by atoms with van der Waals surface area (Å²) >= 11 is 6.06. The minimum Gasteiger partial charge on any atom is -0.352 e. The van der Waals surface area contributed by atoms with E-state index in [1.54, 1.807) is 6.07 Å². The van der Waals surface area contributed by atoms with Gasteiger partial charge in [0.1, 0.15) is 0 Å². The number of likely N-dealkylation sites (tertiary alicyclic amines) is 1. The van der Waals surface area contributed by atoms with Crippen molar-refractivity contribution in [3.8, 4) is 0 Å². The van der Waals surface area contributed by atoms with Gasteiger partial charge in [-0.3, -0.25) is 9.52 Å². The molecule has 0 aromatic heterocycles. The monoisotopic (exact) mass is 401 g/mol. The van der Waals surface area contributed by atoms with E-state index >= 15 is 0 Å². The van der Waals surface area contributed by atoms with Crippen LogP contribution in [0.5, 0.6) is 0 Å². The van der Waals surface area contributed by atoms with Gasteiger partial charge in [0.05, 0.1) is 17.0 Å². The summed E-state index contributed by atoms with van der Waals surface area (Å²) in [6.07, 6.45) is 6.99. The molecule has 1 saturated heterocycles. The third-order valence-corrected chi connectivity index (χ3v) is 5.56. The maximum atomic E-state index is 12.2. The van der Waals surface area contributed by atoms with Crippen molar-refractivity contribution in [2.24, 2.45) is 0 Å². The van der Waals surface area contributed by atoms with Crippen LogP contribution in [0.2, 0.25) is 5.02 Å². The Morgan fingerprint density at radius 1 is 1.35 bits per heavy atom. The average Bonchev–Trinajstić information content (AvgIpc) is 2.59. The van der Waals surface area contributed by atoms with E-state index in [9.17, 15) is 13.2 Å². The van der Waals surface area contributed by atoms with Gasteiger partial charge in [-0.2, -0.15) is 0 Å². The predicted molar refractivity (Wildman–Crippen MR) is 106 cm³/mol. The van der Waals surface area contributed by atoms with Crippen LogP contribution in [0.4, 0.5) is 5.69 Å². The summed E-state index contributed by atoms with van der Waals surface area (Å²) in [6, 6.07) is 5.21. The van der Waals surface area contributed by atoms with E-state index in [0.717, 1.165) is 25.8 Å². The van der Waals surface area contributed by atoms with Crippen LogP contribution in [0, 0.1) is 0 Å². The highest BCUT2D eigenvalue weighted by Gasteiger charge is 2.20. The number of hydrogen-bond donors (Lipinski definition) is 2. The van der Waals surface area contributed by atoms with E-state index in [4.69, 9.17) is 11.6 Å². The van der Waals surface area contributed by atoms with Gasteiger partial charge in [0.2, 0.25) is 10.0 Å². The number of amides is 1. The van der Waals surface area contributed by atoms with Crippen molar-refractivity contribution in [1.29, 1.82) is 0 Å². The van der Waals surface area contributed by atoms with E-state index in [1.807, 2.05) is 0 Å². The molecule has 1 aliphatic heterocycles. The highest BCUT2D eigenvalue weighted by molar-refractivity contribution is 7.92. The van der Waals surface area contributed by atoms with Crippen LogP contribution in [0.3, 0.4) is 0 Å². The first-order valence-corrected chi connectivity index (χ1v) is 11.4. The highest BCUT2D eigenvalue weighted by atomic mass is 35.5. The van der Waals surface area contributed by atoms with E-state index < -0.39 is 10.0 Å². The SMILES string of the molecule is CC[C@H]1CCCCN1CCCNC(=O)c1ccc(NS(C)(=O)=O)c(Cl)c1. The zero-order chi connectivity index (χ0) is 19.2. The summed E-state index contributed by atoms with van der Waals surface area (Å²) in [5.41, 5.74) is 0.680. The maximum Gasteiger partial charge on any atom is 0.251 e. The molecule has 146 valence electrons. The molecule has 1 heterocycles. The topological polar surface area (TPSA) is 78.5 Å². The third kappa shape index (κ3) is 6.45. The molecule has 1 amide bonds. The number of anilines is 1. The number of piperidine rings is 1. The molecule has 1 aromatic rings. The summed E-state index contributed by atoms with van der Waals surface area (Å²) in [5, 5.41) is 3.10. The Morgan fingerprint density at radius 3 is 2.77 bits per heavy atom. The van der Waals surface area contributed by atoms with Crippen molar-refractivity contribution in [1.82, 2.24) is 10.2 Å². The fraction of sp³-hybridized carbons (Fsp3) is 0.611. The van der Waals surface area contributed by atoms with Crippen LogP contribution in [0.1, 0.15) is 49.4 Å². The van der Waals surface area contributed by atoms with Crippen LogP contribution in [0.15, 0.2) is 18.2 Å². The summed E-state index contributed by atoms with van der Waals surface area (Å²) in [7, 11) is -3.41. The smallest absolute Gasteiger partial charge is 0.251 e. The molecule has 0 saturated carbocycles. The second-order valence-electron chi connectivity index (χ2n) is 6.77. The first-order chi connectivity index (χ1) is 12.3. The van der Waals surface area contributed by atoms with Gasteiger partial charge >= 0.3 is 0 Å². The molecule has 1 aromatic carbocycles. The Labute approximate surface area is 161 Å². The number of carbonyl (C=O) groups is 1. The molecule has 0 aliphatic carbocycles. The lowest BCUT2D eigenvalue weighted by molar-refractivity contribution is 0.0947. The van der Waals surface area contributed by atoms with Gasteiger partial charge in [-0.05, 0) is 50.4 Å². The molecule has 0 spiro atoms. The molecule has 26 heavy (non-hydrogen) atoms. The first kappa shape index (κ1) is 21.0. The third-order valence-electron chi connectivity index (χ3n) is 4.65. The van der Waals surface area contributed by atoms with E-state index in [-0.39, 0.29) is 16.6 Å². The number of halogens is 1. The lowest BCUT2D eigenvalue weighted by Gasteiger charge is -2.35. The molecule has 1 fully saturated rings. The minimum atomic E-state index is -3.41. The summed E-state index contributed by atoms with van der Waals surface area (Å²) in [6.45, 7) is 4.98. The fourth-order valence-corrected chi connectivity index (χ4v) is 4.20. The van der Waals surface area contributed by atoms with Gasteiger partial charge in [0, 0.05) is 24.7 Å². The lowest BCUT2D eigenvalue weighted by atomic mass is 10.00. The van der Waals surface area contributed by atoms with Gasteiger partial charge in [-0.25, -0.2) is 8.42 Å². The molecule has 8 heteroatoms. The Kier molecular flexibility index (Phi) is 7.73. The summed E-state index contributed by atoms with van der Waals surface area (Å²) < 4.78 is 24.9. The first-order valence-electron chi connectivity index (χ1n) is 9.09. The average molecular weight is 402 g/mol. The Bertz CT molecular complexity index is 724. The fourth-order valence-electron chi connectivity index (χ4n) is 3.34. The van der Waals surface area contributed by atoms with Crippen LogP contribution >= 0.6 is 11.6 Å². The molecular weight excluding hydrogens is 374 g/mol. The van der Waals surface area contributed by atoms with Gasteiger partial charge < -0.3 is 10.2 Å². The summed E-state index contributed by atoms with van der Waals surface area (Å²) in [4.78, 5) is 14.8. The largest absolute Gasteiger partial charge is 0.352 e. The maximum absolute atomic E-state index is 12.2. The molecule has 1 aliphatic rings. The van der Waals surface area contributed by atoms with Crippen LogP contribution < -0.4 is 10.0 Å². The number of sulfonamides is 1. The predicted octanol–water partition coefficient (Wildman–Crippen LogP) is 3.10. The zero-order valence-corrected chi connectivity index (χ0v) is 17.0. The second-order valence-corrected chi connectivity index (χ2v) is 8.93. The normalized spacial score (nSPS) is 18.5. The number of nitrogens with zero attached hydrogens (tertiary/aromatic N) is 1. The molecule has 6 nitrogen and oxygen atoms in total. The number of rotatable bonds is 8. The van der Waals surface area contributed by atoms with Crippen molar-refractivity contribution in [3.05, 3.63) is 28.8 Å². The lowest BCUT2D eigenvalue weighted by Crippen LogP contribution is -2.40. The molecule has 0 radical (unpaired) electrons. The molecular formula is C18H28ClN3O3S. The Hall–Kier alpha value is -1.31. The van der Waals surface area contributed by atoms with Gasteiger partial charge in [0.25, 0.3) is 5.91 Å². The van der Waals surface area contributed by atoms with Crippen molar-refractivity contribution in [2.45, 2.75) is 45.1 Å². The van der Waals surface area contributed by atoms with Crippen LogP contribution in [-0.4, -0.2) is 51.2 Å². The quantitative estimate of drug-likeness (QED) is 0.656. The number of nitrogens with one attached hydrogen (secondary N) is 2. The van der Waals surface area contributed by atoms with Crippen molar-refractivity contribution < 1.29 is 13.2 Å². The zero-order valence-electron chi connectivity index (χ0n) is 15.4. The highest BCUT2D eigenvalue weighted by Crippen LogP contribution is 2.24. The minimum absolute atomic E-state index is 0.196. The number of carbonyl (C=O) groups excluding carboxylic acids is 1. The van der Waals surface area contributed by atoms with E-state index in [2.05, 4.69) is 21.9 Å². The van der Waals surface area contributed by atoms with Crippen molar-refractivity contribution in [2.75, 3.05) is 30.6 Å². The van der Waals surface area contributed by atoms with Gasteiger partial charge in [0.15, 0.2) is 0 Å². The van der Waals surface area contributed by atoms with E-state index in [1.165, 1.54) is 37.8 Å². The van der Waals surface area contributed by atoms with Gasteiger partial charge in [-0.1, -0.05) is 24.9 Å². The molecule has 2 rings (SSSR count). The van der Waals surface area contributed by atoms with Crippen LogP contribution in [0.25, 0.3) is 0 Å². The Morgan fingerprint density at radius 2 is 2.12 bits per heavy atom. The molecule has 2 N–H and O–H groups in total.